The van der Waals surface area contributed by atoms with Gasteiger partial charge in [-0.15, -0.1) is 0 Å². The van der Waals surface area contributed by atoms with Gasteiger partial charge in [0.25, 0.3) is 0 Å². The average Bonchev–Trinajstić information content (AvgIpc) is 3.05. The van der Waals surface area contributed by atoms with Gasteiger partial charge in [0, 0.05) is 12.0 Å². The number of unbranched alkanes of at least 4 members (excludes halogenated alkanes) is 3. The molecule has 0 aromatic heterocycles. The largest absolute Gasteiger partial charge is 0.494 e. The van der Waals surface area contributed by atoms with Crippen LogP contribution >= 0.6 is 0 Å². The zero-order valence-electron chi connectivity index (χ0n) is 28.6. The summed E-state index contributed by atoms with van der Waals surface area (Å²) >= 11 is 0. The Morgan fingerprint density at radius 3 is 2.21 bits per heavy atom. The molecule has 7 heteroatoms. The quantitative estimate of drug-likeness (QED) is 0.0874. The molecule has 5 rings (SSSR count). The van der Waals surface area contributed by atoms with Gasteiger partial charge in [0.15, 0.2) is 0 Å². The van der Waals surface area contributed by atoms with Crippen molar-refractivity contribution in [2.75, 3.05) is 33.0 Å². The highest BCUT2D eigenvalue weighted by Gasteiger charge is 2.37. The number of hydrogen-bond acceptors (Lipinski definition) is 7. The van der Waals surface area contributed by atoms with E-state index in [1.165, 1.54) is 6.42 Å². The molecule has 7 nitrogen and oxygen atoms in total. The van der Waals surface area contributed by atoms with Crippen LogP contribution in [-0.4, -0.2) is 51.1 Å². The van der Waals surface area contributed by atoms with Crippen LogP contribution in [0.1, 0.15) is 99.8 Å². The summed E-state index contributed by atoms with van der Waals surface area (Å²) in [6.07, 6.45) is 8.52. The van der Waals surface area contributed by atoms with Gasteiger partial charge >= 0.3 is 11.9 Å². The van der Waals surface area contributed by atoms with Crippen LogP contribution in [0.25, 0.3) is 10.8 Å². The smallest absolute Gasteiger partial charge is 0.343 e. The standard InChI is InChI=1S/C40H52O7/c1-5-40(26-44-27-40)25-43-20-8-6-7-9-21-45-35-18-15-31-23-33(12-11-32(31)24-35)39(42)46-34-16-13-30(14-17-34)38(41)47-37-22-29(4)10-19-36(37)28(2)3/h11-18,23-24,28-29,36-37H,5-10,19-22,25-27H2,1-4H3. The van der Waals surface area contributed by atoms with Gasteiger partial charge in [-0.2, -0.15) is 0 Å². The maximum atomic E-state index is 12.9. The topological polar surface area (TPSA) is 80.3 Å². The van der Waals surface area contributed by atoms with E-state index in [0.717, 1.165) is 87.9 Å². The minimum Gasteiger partial charge on any atom is -0.494 e. The molecule has 47 heavy (non-hydrogen) atoms. The van der Waals surface area contributed by atoms with Crippen LogP contribution < -0.4 is 9.47 Å². The maximum absolute atomic E-state index is 12.9. The van der Waals surface area contributed by atoms with Gasteiger partial charge in [-0.1, -0.05) is 52.7 Å². The summed E-state index contributed by atoms with van der Waals surface area (Å²) in [7, 11) is 0. The first-order chi connectivity index (χ1) is 22.7. The molecular formula is C40H52O7. The summed E-state index contributed by atoms with van der Waals surface area (Å²) < 4.78 is 28.8. The van der Waals surface area contributed by atoms with Crippen LogP contribution in [0.5, 0.6) is 11.5 Å². The second kappa shape index (κ2) is 16.6. The Morgan fingerprint density at radius 1 is 0.830 bits per heavy atom. The molecule has 0 amide bonds. The Morgan fingerprint density at radius 2 is 1.51 bits per heavy atom. The van der Waals surface area contributed by atoms with E-state index >= 15 is 0 Å². The number of ether oxygens (including phenoxy) is 5. The highest BCUT2D eigenvalue weighted by Crippen LogP contribution is 2.36. The number of carbonyl (C=O) groups is 2. The monoisotopic (exact) mass is 644 g/mol. The number of carbonyl (C=O) groups excluding carboxylic acids is 2. The van der Waals surface area contributed by atoms with Crippen molar-refractivity contribution in [3.8, 4) is 11.5 Å². The van der Waals surface area contributed by atoms with Crippen LogP contribution in [0.2, 0.25) is 0 Å². The van der Waals surface area contributed by atoms with Crippen LogP contribution in [0.3, 0.4) is 0 Å². The molecule has 1 heterocycles. The Labute approximate surface area is 280 Å². The summed E-state index contributed by atoms with van der Waals surface area (Å²) in [5.41, 5.74) is 1.17. The van der Waals surface area contributed by atoms with E-state index in [1.807, 2.05) is 30.3 Å². The van der Waals surface area contributed by atoms with Crippen molar-refractivity contribution in [1.82, 2.24) is 0 Å². The van der Waals surface area contributed by atoms with Gasteiger partial charge < -0.3 is 23.7 Å². The summed E-state index contributed by atoms with van der Waals surface area (Å²) in [4.78, 5) is 25.9. The third kappa shape index (κ3) is 9.57. The number of esters is 2. The average molecular weight is 645 g/mol. The molecule has 0 spiro atoms. The van der Waals surface area contributed by atoms with E-state index in [4.69, 9.17) is 23.7 Å². The molecule has 2 aliphatic rings. The maximum Gasteiger partial charge on any atom is 0.343 e. The van der Waals surface area contributed by atoms with E-state index in [2.05, 4.69) is 27.7 Å². The molecule has 3 unspecified atom stereocenters. The Kier molecular flexibility index (Phi) is 12.3. The third-order valence-corrected chi connectivity index (χ3v) is 9.99. The lowest BCUT2D eigenvalue weighted by molar-refractivity contribution is -0.150. The van der Waals surface area contributed by atoms with Crippen LogP contribution in [0, 0.1) is 23.2 Å². The lowest BCUT2D eigenvalue weighted by Crippen LogP contribution is -2.45. The summed E-state index contributed by atoms with van der Waals surface area (Å²) in [6.45, 7) is 12.8. The molecule has 2 fully saturated rings. The van der Waals surface area contributed by atoms with Crippen LogP contribution in [0.15, 0.2) is 60.7 Å². The molecule has 1 saturated carbocycles. The number of rotatable bonds is 16. The normalized spacial score (nSPS) is 20.5. The fourth-order valence-electron chi connectivity index (χ4n) is 6.64. The highest BCUT2D eigenvalue weighted by molar-refractivity contribution is 5.97. The molecular weight excluding hydrogens is 592 g/mol. The van der Waals surface area contributed by atoms with E-state index in [1.54, 1.807) is 30.3 Å². The van der Waals surface area contributed by atoms with Crippen molar-refractivity contribution < 1.29 is 33.3 Å². The molecule has 3 aromatic rings. The lowest BCUT2D eigenvalue weighted by Gasteiger charge is -2.40. The first kappa shape index (κ1) is 34.9. The first-order valence-electron chi connectivity index (χ1n) is 17.6. The number of benzene rings is 3. The van der Waals surface area contributed by atoms with Gasteiger partial charge in [-0.3, -0.25) is 0 Å². The molecule has 3 atom stereocenters. The van der Waals surface area contributed by atoms with Crippen molar-refractivity contribution in [3.05, 3.63) is 71.8 Å². The summed E-state index contributed by atoms with van der Waals surface area (Å²) in [5, 5.41) is 1.92. The van der Waals surface area contributed by atoms with Gasteiger partial charge in [-0.25, -0.2) is 9.59 Å². The van der Waals surface area contributed by atoms with Crippen LogP contribution in [0.4, 0.5) is 0 Å². The lowest BCUT2D eigenvalue weighted by atomic mass is 9.75. The molecule has 1 aliphatic carbocycles. The minimum absolute atomic E-state index is 0.0633. The van der Waals surface area contributed by atoms with Crippen molar-refractivity contribution in [3.63, 3.8) is 0 Å². The predicted molar refractivity (Wildman–Crippen MR) is 184 cm³/mol. The zero-order valence-corrected chi connectivity index (χ0v) is 28.6. The molecule has 0 N–H and O–H groups in total. The zero-order chi connectivity index (χ0) is 33.2. The summed E-state index contributed by atoms with van der Waals surface area (Å²) in [5.74, 6) is 1.82. The van der Waals surface area contributed by atoms with E-state index in [9.17, 15) is 9.59 Å². The second-order valence-corrected chi connectivity index (χ2v) is 14.1. The van der Waals surface area contributed by atoms with Gasteiger partial charge in [0.2, 0.25) is 0 Å². The highest BCUT2D eigenvalue weighted by atomic mass is 16.5. The number of fused-ring (bicyclic) bond motifs is 1. The Hall–Kier alpha value is -3.42. The van der Waals surface area contributed by atoms with E-state index in [-0.39, 0.29) is 17.5 Å². The fourth-order valence-corrected chi connectivity index (χ4v) is 6.64. The minimum atomic E-state index is -0.453. The fraction of sp³-hybridized carbons (Fsp3) is 0.550. The molecule has 1 aliphatic heterocycles. The third-order valence-electron chi connectivity index (χ3n) is 9.99. The Balaban J connectivity index is 1.04. The number of hydrogen-bond donors (Lipinski definition) is 0. The first-order valence-corrected chi connectivity index (χ1v) is 17.6. The Bertz CT molecular complexity index is 1450. The molecule has 3 aromatic carbocycles. The predicted octanol–water partition coefficient (Wildman–Crippen LogP) is 9.06. The second-order valence-electron chi connectivity index (χ2n) is 14.1. The van der Waals surface area contributed by atoms with Gasteiger partial charge in [-0.05, 0) is 116 Å². The van der Waals surface area contributed by atoms with Crippen LogP contribution in [-0.2, 0) is 14.2 Å². The van der Waals surface area contributed by atoms with E-state index < -0.39 is 5.97 Å². The van der Waals surface area contributed by atoms with Gasteiger partial charge in [0.1, 0.15) is 17.6 Å². The van der Waals surface area contributed by atoms with Crippen molar-refractivity contribution in [1.29, 1.82) is 0 Å². The summed E-state index contributed by atoms with van der Waals surface area (Å²) in [6, 6.07) is 18.0. The molecule has 254 valence electrons. The van der Waals surface area contributed by atoms with E-state index in [0.29, 0.717) is 41.2 Å². The molecule has 1 saturated heterocycles. The molecule has 0 bridgehead atoms. The van der Waals surface area contributed by atoms with Gasteiger partial charge in [0.05, 0.1) is 37.6 Å². The SMILES string of the molecule is CCC1(COCCCCCCOc2ccc3cc(C(=O)Oc4ccc(C(=O)OC5CC(C)CCC5C(C)C)cc4)ccc3c2)COC1. The molecule has 0 radical (unpaired) electrons. The van der Waals surface area contributed by atoms with Crippen molar-refractivity contribution >= 4 is 22.7 Å². The van der Waals surface area contributed by atoms with Crippen molar-refractivity contribution in [2.45, 2.75) is 85.2 Å². The van der Waals surface area contributed by atoms with Crippen molar-refractivity contribution in [2.24, 2.45) is 23.2 Å².